The number of methoxy groups -OCH3 is 1. The van der Waals surface area contributed by atoms with Crippen LogP contribution in [0.4, 0.5) is 9.18 Å². The molecule has 180 valence electrons. The Kier molecular flexibility index (Phi) is 7.27. The average Bonchev–Trinajstić information content (AvgIpc) is 3.50. The van der Waals surface area contributed by atoms with Gasteiger partial charge in [0, 0.05) is 30.8 Å². The van der Waals surface area contributed by atoms with Crippen molar-refractivity contribution in [1.82, 2.24) is 19.6 Å². The van der Waals surface area contributed by atoms with Gasteiger partial charge in [-0.25, -0.2) is 22.6 Å². The van der Waals surface area contributed by atoms with E-state index in [2.05, 4.69) is 36.0 Å². The van der Waals surface area contributed by atoms with Crippen LogP contribution in [0.5, 0.6) is 0 Å². The van der Waals surface area contributed by atoms with E-state index in [-0.39, 0.29) is 22.4 Å². The summed E-state index contributed by atoms with van der Waals surface area (Å²) in [5.41, 5.74) is 1.71. The molecule has 3 aromatic rings. The van der Waals surface area contributed by atoms with Crippen LogP contribution >= 0.6 is 27.5 Å². The van der Waals surface area contributed by atoms with Crippen LogP contribution in [0.25, 0.3) is 22.6 Å². The molecule has 1 aliphatic heterocycles. The lowest BCUT2D eigenvalue weighted by Crippen LogP contribution is -2.33. The van der Waals surface area contributed by atoms with Crippen LogP contribution in [-0.2, 0) is 14.8 Å². The Hall–Kier alpha value is -2.47. The maximum absolute atomic E-state index is 13.9. The number of hydrogen-bond acceptors (Lipinski definition) is 5. The zero-order chi connectivity index (χ0) is 24.5. The quantitative estimate of drug-likeness (QED) is 0.448. The molecule has 2 N–H and O–H groups in total. The normalized spacial score (nSPS) is 16.5. The second-order valence-corrected chi connectivity index (χ2v) is 11.0. The fraction of sp³-hybridized carbons (Fsp3) is 0.273. The first kappa shape index (κ1) is 24.6. The van der Waals surface area contributed by atoms with Crippen molar-refractivity contribution in [2.24, 2.45) is 5.92 Å². The number of nitrogens with zero attached hydrogens (tertiary/aromatic N) is 2. The van der Waals surface area contributed by atoms with Gasteiger partial charge in [0.05, 0.1) is 28.5 Å². The largest absolute Gasteiger partial charge is 0.453 e. The molecule has 0 saturated carbocycles. The number of benzene rings is 2. The summed E-state index contributed by atoms with van der Waals surface area (Å²) in [5, 5.41) is 2.70. The molecule has 1 saturated heterocycles. The molecule has 0 bridgehead atoms. The van der Waals surface area contributed by atoms with Crippen LogP contribution in [-0.4, -0.2) is 55.5 Å². The first-order chi connectivity index (χ1) is 16.2. The maximum atomic E-state index is 13.9. The van der Waals surface area contributed by atoms with Crippen molar-refractivity contribution in [2.45, 2.75) is 11.3 Å². The number of aromatic amines is 1. The number of rotatable bonds is 6. The third kappa shape index (κ3) is 5.12. The van der Waals surface area contributed by atoms with Crippen LogP contribution in [0.2, 0.25) is 5.02 Å². The number of carbonyl (C=O) groups excluding carboxylic acids is 1. The Balaban J connectivity index is 1.56. The van der Waals surface area contributed by atoms with Gasteiger partial charge in [-0.15, -0.1) is 0 Å². The summed E-state index contributed by atoms with van der Waals surface area (Å²) in [6, 6.07) is 9.36. The number of alkyl carbamates (subject to hydrolysis) is 1. The number of carbonyl (C=O) groups is 1. The summed E-state index contributed by atoms with van der Waals surface area (Å²) in [6.07, 6.45) is 1.60. The maximum Gasteiger partial charge on any atom is 0.406 e. The summed E-state index contributed by atoms with van der Waals surface area (Å²) < 4.78 is 46.8. The Morgan fingerprint density at radius 3 is 2.82 bits per heavy atom. The highest BCUT2D eigenvalue weighted by Gasteiger charge is 2.34. The zero-order valence-corrected chi connectivity index (χ0v) is 21.2. The summed E-state index contributed by atoms with van der Waals surface area (Å²) >= 11 is 9.41. The summed E-state index contributed by atoms with van der Waals surface area (Å²) in [5.74, 6) is -0.0120. The lowest BCUT2D eigenvalue weighted by Gasteiger charge is -2.18. The molecule has 12 heteroatoms. The monoisotopic (exact) mass is 570 g/mol. The molecular formula is C22H21BrClFN4O4S. The van der Waals surface area contributed by atoms with Gasteiger partial charge in [0.1, 0.15) is 16.5 Å². The predicted molar refractivity (Wildman–Crippen MR) is 129 cm³/mol. The molecule has 1 amide bonds. The van der Waals surface area contributed by atoms with Gasteiger partial charge in [0.2, 0.25) is 10.0 Å². The Bertz CT molecular complexity index is 1330. The molecule has 1 atom stereocenters. The standard InChI is InChI=1S/C22H21BrClFN4O4S/c1-33-22(30)27-10-13-6-7-29(12-13)34(31,32)20-9-15(3-5-17(20)24)21-26-11-19(28-21)14-2-4-16(23)18(25)8-14/h2-5,8-9,11,13H,6-7,10,12H2,1H3,(H,26,28)(H,27,30). The lowest BCUT2D eigenvalue weighted by molar-refractivity contribution is 0.169. The molecule has 8 nitrogen and oxygen atoms in total. The van der Waals surface area contributed by atoms with Crippen molar-refractivity contribution in [3.8, 4) is 22.6 Å². The number of sulfonamides is 1. The number of amides is 1. The molecule has 2 heterocycles. The molecule has 0 aliphatic carbocycles. The van der Waals surface area contributed by atoms with Crippen LogP contribution in [0, 0.1) is 11.7 Å². The number of H-pyrrole nitrogens is 1. The second-order valence-electron chi connectivity index (χ2n) is 7.81. The zero-order valence-electron chi connectivity index (χ0n) is 18.0. The third-order valence-corrected chi connectivity index (χ3v) is 8.59. The van der Waals surface area contributed by atoms with Gasteiger partial charge in [-0.1, -0.05) is 17.7 Å². The molecule has 2 aromatic carbocycles. The van der Waals surface area contributed by atoms with Gasteiger partial charge in [0.25, 0.3) is 0 Å². The van der Waals surface area contributed by atoms with E-state index in [1.54, 1.807) is 24.4 Å². The van der Waals surface area contributed by atoms with Crippen LogP contribution in [0.3, 0.4) is 0 Å². The third-order valence-electron chi connectivity index (χ3n) is 5.60. The Morgan fingerprint density at radius 2 is 2.09 bits per heavy atom. The van der Waals surface area contributed by atoms with Crippen molar-refractivity contribution in [3.05, 3.63) is 57.9 Å². The van der Waals surface area contributed by atoms with Gasteiger partial charge in [0.15, 0.2) is 0 Å². The summed E-state index contributed by atoms with van der Waals surface area (Å²) in [4.78, 5) is 18.7. The highest BCUT2D eigenvalue weighted by atomic mass is 79.9. The second kappa shape index (κ2) is 10.0. The molecule has 1 unspecified atom stereocenters. The van der Waals surface area contributed by atoms with Gasteiger partial charge >= 0.3 is 6.09 Å². The molecule has 1 aromatic heterocycles. The lowest BCUT2D eigenvalue weighted by atomic mass is 10.1. The van der Waals surface area contributed by atoms with Crippen LogP contribution in [0.1, 0.15) is 6.42 Å². The molecular weight excluding hydrogens is 551 g/mol. The molecule has 1 aliphatic rings. The van der Waals surface area contributed by atoms with Gasteiger partial charge in [-0.3, -0.25) is 0 Å². The SMILES string of the molecule is COC(=O)NCC1CCN(S(=O)(=O)c2cc(-c3ncc(-c4ccc(Br)c(F)c4)[nH]3)ccc2Cl)C1. The number of imidazole rings is 1. The molecule has 4 rings (SSSR count). The number of ether oxygens (including phenoxy) is 1. The topological polar surface area (TPSA) is 104 Å². The fourth-order valence-electron chi connectivity index (χ4n) is 3.75. The summed E-state index contributed by atoms with van der Waals surface area (Å²) in [6.45, 7) is 0.891. The average molecular weight is 572 g/mol. The predicted octanol–water partition coefficient (Wildman–Crippen LogP) is 4.67. The van der Waals surface area contributed by atoms with E-state index in [0.29, 0.717) is 46.6 Å². The van der Waals surface area contributed by atoms with Crippen molar-refractivity contribution in [3.63, 3.8) is 0 Å². The number of halogens is 3. The summed E-state index contributed by atoms with van der Waals surface area (Å²) in [7, 11) is -2.60. The van der Waals surface area contributed by atoms with E-state index in [4.69, 9.17) is 11.6 Å². The number of hydrogen-bond donors (Lipinski definition) is 2. The van der Waals surface area contributed by atoms with Crippen LogP contribution < -0.4 is 5.32 Å². The minimum atomic E-state index is -3.87. The van der Waals surface area contributed by atoms with E-state index in [1.165, 1.54) is 29.6 Å². The molecule has 1 fully saturated rings. The smallest absolute Gasteiger partial charge is 0.406 e. The Morgan fingerprint density at radius 1 is 1.32 bits per heavy atom. The first-order valence-corrected chi connectivity index (χ1v) is 12.9. The van der Waals surface area contributed by atoms with Gasteiger partial charge in [-0.05, 0) is 58.6 Å². The minimum Gasteiger partial charge on any atom is -0.453 e. The first-order valence-electron chi connectivity index (χ1n) is 10.3. The van der Waals surface area contributed by atoms with E-state index in [0.717, 1.165) is 0 Å². The Labute approximate surface area is 209 Å². The van der Waals surface area contributed by atoms with Crippen molar-refractivity contribution in [1.29, 1.82) is 0 Å². The highest BCUT2D eigenvalue weighted by Crippen LogP contribution is 2.33. The molecule has 34 heavy (non-hydrogen) atoms. The van der Waals surface area contributed by atoms with Crippen molar-refractivity contribution in [2.75, 3.05) is 26.7 Å². The van der Waals surface area contributed by atoms with E-state index in [9.17, 15) is 17.6 Å². The minimum absolute atomic E-state index is 0.0270. The van der Waals surface area contributed by atoms with E-state index >= 15 is 0 Å². The van der Waals surface area contributed by atoms with E-state index in [1.807, 2.05) is 0 Å². The highest BCUT2D eigenvalue weighted by molar-refractivity contribution is 9.10. The van der Waals surface area contributed by atoms with Crippen LogP contribution in [0.15, 0.2) is 52.0 Å². The van der Waals surface area contributed by atoms with Gasteiger partial charge < -0.3 is 15.0 Å². The number of nitrogens with one attached hydrogen (secondary N) is 2. The van der Waals surface area contributed by atoms with Gasteiger partial charge in [-0.2, -0.15) is 4.31 Å². The molecule has 0 spiro atoms. The fourth-order valence-corrected chi connectivity index (χ4v) is 6.03. The van der Waals surface area contributed by atoms with E-state index < -0.39 is 21.9 Å². The van der Waals surface area contributed by atoms with Crippen molar-refractivity contribution < 1.29 is 22.3 Å². The number of aromatic nitrogens is 2. The molecule has 0 radical (unpaired) electrons. The van der Waals surface area contributed by atoms with Crippen molar-refractivity contribution >= 4 is 43.6 Å².